The number of carbonyl (C=O) groups is 1. The molecule has 0 aliphatic heterocycles. The topological polar surface area (TPSA) is 72.5 Å². The number of nitrogens with one attached hydrogen (secondary N) is 1. The molecule has 0 spiro atoms. The van der Waals surface area contributed by atoms with E-state index in [9.17, 15) is 13.2 Å². The highest BCUT2D eigenvalue weighted by Crippen LogP contribution is 2.22. The van der Waals surface area contributed by atoms with Crippen molar-refractivity contribution in [3.05, 3.63) is 41.5 Å². The molecule has 5 nitrogen and oxygen atoms in total. The van der Waals surface area contributed by atoms with E-state index in [0.717, 1.165) is 43.2 Å². The predicted molar refractivity (Wildman–Crippen MR) is 93.1 cm³/mol. The Kier molecular flexibility index (Phi) is 6.57. The molecule has 1 atom stereocenters. The van der Waals surface area contributed by atoms with Crippen LogP contribution in [-0.2, 0) is 19.6 Å². The van der Waals surface area contributed by atoms with Crippen LogP contribution in [0.15, 0.2) is 40.8 Å². The summed E-state index contributed by atoms with van der Waals surface area (Å²) in [6.45, 7) is 1.89. The molecule has 0 unspecified atom stereocenters. The molecule has 0 saturated heterocycles. The van der Waals surface area contributed by atoms with Gasteiger partial charge in [0.2, 0.25) is 10.0 Å². The Hall–Kier alpha value is -1.66. The third-order valence-corrected chi connectivity index (χ3v) is 5.70. The number of benzene rings is 1. The van der Waals surface area contributed by atoms with Gasteiger partial charge in [-0.25, -0.2) is 8.42 Å². The number of allylic oxidation sites excluding steroid dienone is 1. The molecule has 1 aliphatic rings. The third-order valence-electron chi connectivity index (χ3n) is 4.22. The zero-order chi connectivity index (χ0) is 17.6. The van der Waals surface area contributed by atoms with E-state index in [2.05, 4.69) is 10.8 Å². The molecule has 132 valence electrons. The Morgan fingerprint density at radius 3 is 2.58 bits per heavy atom. The average Bonchev–Trinajstić information content (AvgIpc) is 2.82. The van der Waals surface area contributed by atoms with Crippen molar-refractivity contribution in [2.75, 3.05) is 7.11 Å². The number of hydrogen-bond donors (Lipinski definition) is 1. The van der Waals surface area contributed by atoms with E-state index in [1.807, 2.05) is 6.92 Å². The molecule has 1 N–H and O–H groups in total. The molecule has 24 heavy (non-hydrogen) atoms. The minimum absolute atomic E-state index is 0.150. The van der Waals surface area contributed by atoms with Crippen molar-refractivity contribution in [3.63, 3.8) is 0 Å². The van der Waals surface area contributed by atoms with Gasteiger partial charge in [0, 0.05) is 0 Å². The van der Waals surface area contributed by atoms with Crippen LogP contribution in [0, 0.1) is 6.92 Å². The van der Waals surface area contributed by atoms with E-state index < -0.39 is 22.0 Å². The molecule has 0 aromatic heterocycles. The largest absolute Gasteiger partial charge is 0.468 e. The average molecular weight is 351 g/mol. The lowest BCUT2D eigenvalue weighted by atomic mass is 10.0. The summed E-state index contributed by atoms with van der Waals surface area (Å²) in [6.07, 6.45) is 7.75. The Morgan fingerprint density at radius 2 is 1.92 bits per heavy atom. The third kappa shape index (κ3) is 5.18. The number of ether oxygens (including phenoxy) is 1. The highest BCUT2D eigenvalue weighted by molar-refractivity contribution is 7.89. The van der Waals surface area contributed by atoms with Crippen LogP contribution in [0.2, 0.25) is 0 Å². The van der Waals surface area contributed by atoms with Gasteiger partial charge < -0.3 is 4.74 Å². The molecule has 0 radical (unpaired) electrons. The molecule has 0 amide bonds. The van der Waals surface area contributed by atoms with Gasteiger partial charge in [0.25, 0.3) is 0 Å². The highest BCUT2D eigenvalue weighted by Gasteiger charge is 2.27. The summed E-state index contributed by atoms with van der Waals surface area (Å²) in [5.41, 5.74) is 2.09. The van der Waals surface area contributed by atoms with Gasteiger partial charge in [0.05, 0.1) is 12.0 Å². The van der Waals surface area contributed by atoms with Crippen LogP contribution in [0.5, 0.6) is 0 Å². The van der Waals surface area contributed by atoms with E-state index in [4.69, 9.17) is 4.74 Å². The number of esters is 1. The number of sulfonamides is 1. The Morgan fingerprint density at radius 1 is 1.21 bits per heavy atom. The van der Waals surface area contributed by atoms with Gasteiger partial charge in [-0.2, -0.15) is 4.72 Å². The first-order chi connectivity index (χ1) is 11.4. The summed E-state index contributed by atoms with van der Waals surface area (Å²) in [5.74, 6) is -0.559. The van der Waals surface area contributed by atoms with Crippen LogP contribution >= 0.6 is 0 Å². The maximum absolute atomic E-state index is 12.5. The van der Waals surface area contributed by atoms with Crippen LogP contribution in [-0.4, -0.2) is 27.5 Å². The Balaban J connectivity index is 2.17. The van der Waals surface area contributed by atoms with E-state index >= 15 is 0 Å². The number of aryl methyl sites for hydroxylation is 1. The number of methoxy groups -OCH3 is 1. The molecule has 0 heterocycles. The minimum atomic E-state index is -3.77. The zero-order valence-electron chi connectivity index (χ0n) is 14.2. The molecular formula is C18H25NO4S. The summed E-state index contributed by atoms with van der Waals surface area (Å²) in [7, 11) is -2.49. The molecule has 1 aliphatic carbocycles. The van der Waals surface area contributed by atoms with Crippen LogP contribution in [0.25, 0.3) is 0 Å². The number of rotatable bonds is 6. The predicted octanol–water partition coefficient (Wildman–Crippen LogP) is 3.10. The summed E-state index contributed by atoms with van der Waals surface area (Å²) in [6, 6.07) is 5.64. The summed E-state index contributed by atoms with van der Waals surface area (Å²) >= 11 is 0. The smallest absolute Gasteiger partial charge is 0.324 e. The van der Waals surface area contributed by atoms with Gasteiger partial charge in [0.15, 0.2) is 0 Å². The zero-order valence-corrected chi connectivity index (χ0v) is 15.1. The van der Waals surface area contributed by atoms with E-state index in [-0.39, 0.29) is 4.90 Å². The van der Waals surface area contributed by atoms with E-state index in [0.29, 0.717) is 6.42 Å². The fourth-order valence-corrected chi connectivity index (χ4v) is 4.00. The van der Waals surface area contributed by atoms with Gasteiger partial charge in [-0.15, -0.1) is 0 Å². The van der Waals surface area contributed by atoms with Crippen molar-refractivity contribution in [1.29, 1.82) is 0 Å². The van der Waals surface area contributed by atoms with Gasteiger partial charge >= 0.3 is 5.97 Å². The van der Waals surface area contributed by atoms with Gasteiger partial charge in [-0.3, -0.25) is 4.79 Å². The molecule has 1 aromatic carbocycles. The van der Waals surface area contributed by atoms with Gasteiger partial charge in [0.1, 0.15) is 6.04 Å². The SMILES string of the molecule is COC(=O)[C@H](CC1=CCCCCC1)NS(=O)(=O)c1ccc(C)cc1. The second-order valence-corrected chi connectivity index (χ2v) is 7.89. The van der Waals surface area contributed by atoms with Crippen molar-refractivity contribution < 1.29 is 17.9 Å². The van der Waals surface area contributed by atoms with Crippen molar-refractivity contribution >= 4 is 16.0 Å². The lowest BCUT2D eigenvalue weighted by Gasteiger charge is -2.18. The first-order valence-corrected chi connectivity index (χ1v) is 9.75. The van der Waals surface area contributed by atoms with E-state index in [1.54, 1.807) is 12.1 Å². The molecule has 0 saturated carbocycles. The maximum atomic E-state index is 12.5. The van der Waals surface area contributed by atoms with Crippen molar-refractivity contribution in [3.8, 4) is 0 Å². The van der Waals surface area contributed by atoms with Crippen LogP contribution in [0.4, 0.5) is 0 Å². The quantitative estimate of drug-likeness (QED) is 0.631. The number of hydrogen-bond acceptors (Lipinski definition) is 4. The Bertz CT molecular complexity index is 692. The minimum Gasteiger partial charge on any atom is -0.468 e. The highest BCUT2D eigenvalue weighted by atomic mass is 32.2. The summed E-state index contributed by atoms with van der Waals surface area (Å²) < 4.78 is 32.4. The maximum Gasteiger partial charge on any atom is 0.324 e. The second-order valence-electron chi connectivity index (χ2n) is 6.18. The molecule has 0 fully saturated rings. The standard InChI is InChI=1S/C18H25NO4S/c1-14-9-11-16(12-10-14)24(21,22)19-17(18(20)23-2)13-15-7-5-3-4-6-8-15/h7,9-12,17,19H,3-6,8,13H2,1-2H3/t17-/m0/s1. The molecule has 0 bridgehead atoms. The van der Waals surface area contributed by atoms with Crippen molar-refractivity contribution in [1.82, 2.24) is 4.72 Å². The molecular weight excluding hydrogens is 326 g/mol. The van der Waals surface area contributed by atoms with Crippen molar-refractivity contribution in [2.45, 2.75) is 56.4 Å². The first-order valence-electron chi connectivity index (χ1n) is 8.27. The molecule has 1 aromatic rings. The normalized spacial score (nSPS) is 16.8. The van der Waals surface area contributed by atoms with Gasteiger partial charge in [-0.05, 0) is 51.2 Å². The second kappa shape index (κ2) is 8.44. The van der Waals surface area contributed by atoms with Crippen molar-refractivity contribution in [2.24, 2.45) is 0 Å². The van der Waals surface area contributed by atoms with Crippen LogP contribution in [0.3, 0.4) is 0 Å². The Labute approximate surface area is 144 Å². The summed E-state index contributed by atoms with van der Waals surface area (Å²) in [5, 5.41) is 0. The van der Waals surface area contributed by atoms with Crippen LogP contribution in [0.1, 0.15) is 44.1 Å². The van der Waals surface area contributed by atoms with Gasteiger partial charge in [-0.1, -0.05) is 35.8 Å². The molecule has 6 heteroatoms. The lowest BCUT2D eigenvalue weighted by Crippen LogP contribution is -2.41. The number of carbonyl (C=O) groups excluding carboxylic acids is 1. The summed E-state index contributed by atoms with van der Waals surface area (Å²) in [4.78, 5) is 12.2. The van der Waals surface area contributed by atoms with E-state index in [1.165, 1.54) is 19.2 Å². The lowest BCUT2D eigenvalue weighted by molar-refractivity contribution is -0.142. The monoisotopic (exact) mass is 351 g/mol. The molecule has 2 rings (SSSR count). The van der Waals surface area contributed by atoms with Crippen LogP contribution < -0.4 is 4.72 Å². The fraction of sp³-hybridized carbons (Fsp3) is 0.500. The first kappa shape index (κ1) is 18.7. The fourth-order valence-electron chi connectivity index (χ4n) is 2.82.